The number of carbonyl (C=O) groups excluding carboxylic acids is 2. The summed E-state index contributed by atoms with van der Waals surface area (Å²) in [7, 11) is 0. The van der Waals surface area contributed by atoms with Gasteiger partial charge in [0.1, 0.15) is 21.5 Å². The van der Waals surface area contributed by atoms with Crippen molar-refractivity contribution in [2.24, 2.45) is 0 Å². The number of amides is 3. The number of rotatable bonds is 9. The van der Waals surface area contributed by atoms with Crippen LogP contribution in [0.4, 0.5) is 4.79 Å². The minimum Gasteiger partial charge on any atom is -0.457 e. The monoisotopic (exact) mass is 602 g/mol. The van der Waals surface area contributed by atoms with Gasteiger partial charge in [0.15, 0.2) is 0 Å². The predicted molar refractivity (Wildman–Crippen MR) is 169 cm³/mol. The Kier molecular flexibility index (Phi) is 8.95. The lowest BCUT2D eigenvalue weighted by atomic mass is 10.0. The van der Waals surface area contributed by atoms with E-state index >= 15 is 0 Å². The molecule has 6 rings (SSSR count). The van der Waals surface area contributed by atoms with Crippen LogP contribution in [0.15, 0.2) is 42.5 Å². The van der Waals surface area contributed by atoms with Crippen LogP contribution in [0.25, 0.3) is 10.6 Å². The standard InChI is InChI=1S/C33H42N6O3S/c1-21(2)31-36-37-32(43-31)23-10-12-28(13-11-23)42-29-18-24(8-9-25(29)20-39-19-22(3)34-33(39)41)30(40)35-26-14-16-38(17-15-26)27-6-4-5-7-27/h8-13,18,21-22,26-27H,4-7,14-17,19-20H2,1-3H3,(H,34,41)(H,35,40). The molecule has 1 atom stereocenters. The normalized spacial score (nSPS) is 20.1. The fourth-order valence-corrected chi connectivity index (χ4v) is 7.20. The summed E-state index contributed by atoms with van der Waals surface area (Å²) in [5, 5.41) is 16.8. The Labute approximate surface area is 258 Å². The number of hydrogen-bond donors (Lipinski definition) is 2. The van der Waals surface area contributed by atoms with Crippen LogP contribution < -0.4 is 15.4 Å². The summed E-state index contributed by atoms with van der Waals surface area (Å²) in [4.78, 5) is 30.3. The first-order valence-electron chi connectivity index (χ1n) is 15.7. The van der Waals surface area contributed by atoms with E-state index in [4.69, 9.17) is 4.74 Å². The van der Waals surface area contributed by atoms with Crippen LogP contribution >= 0.6 is 11.3 Å². The highest BCUT2D eigenvalue weighted by atomic mass is 32.1. The molecule has 2 aromatic carbocycles. The highest BCUT2D eigenvalue weighted by Gasteiger charge is 2.29. The molecule has 2 aliphatic heterocycles. The first-order chi connectivity index (χ1) is 20.8. The van der Waals surface area contributed by atoms with Gasteiger partial charge < -0.3 is 25.2 Å². The molecule has 0 radical (unpaired) electrons. The first kappa shape index (κ1) is 29.6. The Bertz CT molecular complexity index is 1430. The summed E-state index contributed by atoms with van der Waals surface area (Å²) in [6.07, 6.45) is 7.27. The maximum absolute atomic E-state index is 13.4. The summed E-state index contributed by atoms with van der Waals surface area (Å²) in [5.41, 5.74) is 2.38. The van der Waals surface area contributed by atoms with Crippen LogP contribution in [0.5, 0.6) is 11.5 Å². The third-order valence-electron chi connectivity index (χ3n) is 8.81. The molecule has 3 fully saturated rings. The fraction of sp³-hybridized carbons (Fsp3) is 0.515. The van der Waals surface area contributed by atoms with Crippen molar-refractivity contribution in [2.45, 2.75) is 89.9 Å². The molecule has 1 aromatic heterocycles. The number of nitrogens with one attached hydrogen (secondary N) is 2. The van der Waals surface area contributed by atoms with E-state index in [0.29, 0.717) is 36.1 Å². The smallest absolute Gasteiger partial charge is 0.318 e. The average molecular weight is 603 g/mol. The molecule has 43 heavy (non-hydrogen) atoms. The average Bonchev–Trinajstić information content (AvgIpc) is 3.77. The van der Waals surface area contributed by atoms with Gasteiger partial charge in [-0.2, -0.15) is 0 Å². The second-order valence-electron chi connectivity index (χ2n) is 12.5. The van der Waals surface area contributed by atoms with Gasteiger partial charge in [-0.15, -0.1) is 10.2 Å². The number of ether oxygens (including phenoxy) is 1. The summed E-state index contributed by atoms with van der Waals surface area (Å²) in [5.74, 6) is 1.47. The van der Waals surface area contributed by atoms with Crippen LogP contribution in [0.3, 0.4) is 0 Å². The molecule has 2 N–H and O–H groups in total. The van der Waals surface area contributed by atoms with Gasteiger partial charge >= 0.3 is 6.03 Å². The molecular weight excluding hydrogens is 560 g/mol. The number of nitrogens with zero attached hydrogens (tertiary/aromatic N) is 4. The van der Waals surface area contributed by atoms with E-state index in [1.54, 1.807) is 16.2 Å². The van der Waals surface area contributed by atoms with Crippen LogP contribution in [0.1, 0.15) is 86.1 Å². The molecule has 1 unspecified atom stereocenters. The number of aromatic nitrogens is 2. The zero-order valence-corrected chi connectivity index (χ0v) is 26.2. The van der Waals surface area contributed by atoms with Crippen molar-refractivity contribution in [3.05, 3.63) is 58.6 Å². The van der Waals surface area contributed by atoms with Gasteiger partial charge in [-0.05, 0) is 69.0 Å². The molecule has 3 amide bonds. The van der Waals surface area contributed by atoms with E-state index in [2.05, 4.69) is 39.6 Å². The van der Waals surface area contributed by atoms with Gasteiger partial charge in [-0.3, -0.25) is 4.79 Å². The molecule has 0 spiro atoms. The van der Waals surface area contributed by atoms with Crippen molar-refractivity contribution in [1.82, 2.24) is 30.6 Å². The van der Waals surface area contributed by atoms with Gasteiger partial charge in [0, 0.05) is 60.4 Å². The van der Waals surface area contributed by atoms with Crippen molar-refractivity contribution in [3.8, 4) is 22.1 Å². The van der Waals surface area contributed by atoms with Crippen LogP contribution in [-0.4, -0.2) is 69.7 Å². The predicted octanol–water partition coefficient (Wildman–Crippen LogP) is 6.17. The Morgan fingerprint density at radius 2 is 1.81 bits per heavy atom. The van der Waals surface area contributed by atoms with E-state index in [0.717, 1.165) is 53.1 Å². The van der Waals surface area contributed by atoms with Gasteiger partial charge in [-0.1, -0.05) is 44.1 Å². The van der Waals surface area contributed by atoms with E-state index in [1.165, 1.54) is 25.7 Å². The number of urea groups is 1. The lowest BCUT2D eigenvalue weighted by Gasteiger charge is -2.36. The van der Waals surface area contributed by atoms with Gasteiger partial charge in [0.05, 0.1) is 6.54 Å². The SMILES string of the molecule is CC1CN(Cc2ccc(C(=O)NC3CCN(C4CCCC4)CC3)cc2Oc2ccc(-c3nnc(C(C)C)s3)cc2)C(=O)N1. The number of benzene rings is 2. The van der Waals surface area contributed by atoms with Gasteiger partial charge in [0.2, 0.25) is 0 Å². The van der Waals surface area contributed by atoms with E-state index in [1.807, 2.05) is 49.4 Å². The fourth-order valence-electron chi connectivity index (χ4n) is 6.35. The first-order valence-corrected chi connectivity index (χ1v) is 16.5. The molecule has 228 valence electrons. The van der Waals surface area contributed by atoms with Crippen molar-refractivity contribution in [3.63, 3.8) is 0 Å². The minimum absolute atomic E-state index is 0.0872. The Hall–Kier alpha value is -3.50. The molecule has 1 aliphatic carbocycles. The number of piperidine rings is 1. The summed E-state index contributed by atoms with van der Waals surface area (Å²) in [6.45, 7) is 9.32. The Balaban J connectivity index is 1.17. The summed E-state index contributed by atoms with van der Waals surface area (Å²) >= 11 is 1.60. The molecule has 3 aromatic rings. The Morgan fingerprint density at radius 3 is 2.47 bits per heavy atom. The zero-order chi connectivity index (χ0) is 29.9. The van der Waals surface area contributed by atoms with Crippen LogP contribution in [0.2, 0.25) is 0 Å². The molecule has 10 heteroatoms. The molecule has 3 aliphatic rings. The van der Waals surface area contributed by atoms with Crippen molar-refractivity contribution < 1.29 is 14.3 Å². The third-order valence-corrected chi connectivity index (χ3v) is 10.1. The molecule has 3 heterocycles. The lowest BCUT2D eigenvalue weighted by molar-refractivity contribution is 0.0892. The quantitative estimate of drug-likeness (QED) is 0.304. The maximum atomic E-state index is 13.4. The summed E-state index contributed by atoms with van der Waals surface area (Å²) < 4.78 is 6.39. The molecule has 9 nitrogen and oxygen atoms in total. The molecular formula is C33H42N6O3S. The van der Waals surface area contributed by atoms with Crippen molar-refractivity contribution >= 4 is 23.3 Å². The number of carbonyl (C=O) groups is 2. The topological polar surface area (TPSA) is 99.7 Å². The maximum Gasteiger partial charge on any atom is 0.318 e. The van der Waals surface area contributed by atoms with Crippen molar-refractivity contribution in [2.75, 3.05) is 19.6 Å². The van der Waals surface area contributed by atoms with Crippen LogP contribution in [0, 0.1) is 0 Å². The highest BCUT2D eigenvalue weighted by molar-refractivity contribution is 7.14. The van der Waals surface area contributed by atoms with E-state index in [9.17, 15) is 9.59 Å². The van der Waals surface area contributed by atoms with E-state index in [-0.39, 0.29) is 24.0 Å². The van der Waals surface area contributed by atoms with Crippen molar-refractivity contribution in [1.29, 1.82) is 0 Å². The van der Waals surface area contributed by atoms with Gasteiger partial charge in [0.25, 0.3) is 5.91 Å². The van der Waals surface area contributed by atoms with Crippen LogP contribution in [-0.2, 0) is 6.54 Å². The second-order valence-corrected chi connectivity index (χ2v) is 13.5. The molecule has 0 bridgehead atoms. The van der Waals surface area contributed by atoms with E-state index < -0.39 is 0 Å². The summed E-state index contributed by atoms with van der Waals surface area (Å²) in [6, 6.07) is 14.2. The molecule has 1 saturated carbocycles. The molecule has 2 saturated heterocycles. The highest BCUT2D eigenvalue weighted by Crippen LogP contribution is 2.32. The number of likely N-dealkylation sites (tertiary alicyclic amines) is 1. The third kappa shape index (κ3) is 7.02. The number of hydrogen-bond acceptors (Lipinski definition) is 7. The minimum atomic E-state index is -0.0913. The van der Waals surface area contributed by atoms with Gasteiger partial charge in [-0.25, -0.2) is 4.79 Å². The second kappa shape index (κ2) is 13.0. The zero-order valence-electron chi connectivity index (χ0n) is 25.3. The Morgan fingerprint density at radius 1 is 1.07 bits per heavy atom. The largest absolute Gasteiger partial charge is 0.457 e. The lowest BCUT2D eigenvalue weighted by Crippen LogP contribution is -2.47.